The summed E-state index contributed by atoms with van der Waals surface area (Å²) in [7, 11) is 0. The normalized spacial score (nSPS) is 15.8. The van der Waals surface area contributed by atoms with Crippen molar-refractivity contribution in [3.05, 3.63) is 35.7 Å². The average Bonchev–Trinajstić information content (AvgIpc) is 2.88. The van der Waals surface area contributed by atoms with Crippen LogP contribution in [0.25, 0.3) is 21.8 Å². The Morgan fingerprint density at radius 3 is 2.94 bits per heavy atom. The summed E-state index contributed by atoms with van der Waals surface area (Å²) < 4.78 is 0. The molecule has 1 aliphatic rings. The van der Waals surface area contributed by atoms with Crippen molar-refractivity contribution in [2.45, 2.75) is 25.7 Å². The average molecular weight is 210 g/mol. The van der Waals surface area contributed by atoms with Gasteiger partial charge in [0.25, 0.3) is 0 Å². The van der Waals surface area contributed by atoms with Crippen LogP contribution in [0.5, 0.6) is 0 Å². The second kappa shape index (κ2) is 2.91. The maximum absolute atomic E-state index is 3.58. The zero-order valence-corrected chi connectivity index (χ0v) is 9.14. The number of fused-ring (bicyclic) bond motifs is 4. The van der Waals surface area contributed by atoms with Crippen LogP contribution >= 0.6 is 0 Å². The summed E-state index contributed by atoms with van der Waals surface area (Å²) in [5.74, 6) is 0. The molecule has 0 fully saturated rings. The van der Waals surface area contributed by atoms with E-state index >= 15 is 0 Å². The molecule has 2 heterocycles. The third-order valence-electron chi connectivity index (χ3n) is 3.77. The van der Waals surface area contributed by atoms with E-state index in [-0.39, 0.29) is 0 Å². The molecular formula is C14H14N2. The first-order valence-corrected chi connectivity index (χ1v) is 6.02. The van der Waals surface area contributed by atoms with Crippen LogP contribution in [-0.2, 0) is 12.8 Å². The molecule has 0 radical (unpaired) electrons. The maximum Gasteiger partial charge on any atom is 0.0480 e. The van der Waals surface area contributed by atoms with Gasteiger partial charge in [-0.2, -0.15) is 0 Å². The standard InChI is InChI=1S/C14H14N2/c1-2-4-12-10(3-1)11-7-9-5-6-15-13(9)8-14(11)16-12/h5-8,15-16H,1-4H2. The molecule has 0 spiro atoms. The Hall–Kier alpha value is -1.70. The van der Waals surface area contributed by atoms with Crippen molar-refractivity contribution in [2.24, 2.45) is 0 Å². The second-order valence-corrected chi connectivity index (χ2v) is 4.75. The number of nitrogens with one attached hydrogen (secondary N) is 2. The topological polar surface area (TPSA) is 31.6 Å². The maximum atomic E-state index is 3.58. The summed E-state index contributed by atoms with van der Waals surface area (Å²) in [6.07, 6.45) is 7.14. The third-order valence-corrected chi connectivity index (χ3v) is 3.77. The lowest BCUT2D eigenvalue weighted by Crippen LogP contribution is -1.99. The fraction of sp³-hybridized carbons (Fsp3) is 0.286. The Bertz CT molecular complexity index is 672. The molecule has 1 aliphatic carbocycles. The van der Waals surface area contributed by atoms with Crippen LogP contribution in [0, 0.1) is 0 Å². The van der Waals surface area contributed by atoms with Crippen LogP contribution in [0.1, 0.15) is 24.1 Å². The molecule has 1 aromatic carbocycles. The highest BCUT2D eigenvalue weighted by Crippen LogP contribution is 2.31. The van der Waals surface area contributed by atoms with Crippen molar-refractivity contribution < 1.29 is 0 Å². The van der Waals surface area contributed by atoms with Crippen molar-refractivity contribution in [2.75, 3.05) is 0 Å². The van der Waals surface area contributed by atoms with Gasteiger partial charge in [-0.15, -0.1) is 0 Å². The van der Waals surface area contributed by atoms with Crippen LogP contribution in [0.2, 0.25) is 0 Å². The van der Waals surface area contributed by atoms with Gasteiger partial charge >= 0.3 is 0 Å². The van der Waals surface area contributed by atoms with E-state index in [1.54, 1.807) is 5.56 Å². The number of aromatic nitrogens is 2. The van der Waals surface area contributed by atoms with Gasteiger partial charge in [-0.1, -0.05) is 0 Å². The number of aryl methyl sites for hydroxylation is 2. The van der Waals surface area contributed by atoms with Gasteiger partial charge in [-0.3, -0.25) is 0 Å². The van der Waals surface area contributed by atoms with E-state index in [0.717, 1.165) is 0 Å². The highest BCUT2D eigenvalue weighted by atomic mass is 14.7. The Morgan fingerprint density at radius 1 is 1.00 bits per heavy atom. The van der Waals surface area contributed by atoms with Gasteiger partial charge in [0.05, 0.1) is 0 Å². The quantitative estimate of drug-likeness (QED) is 0.569. The van der Waals surface area contributed by atoms with Gasteiger partial charge in [-0.25, -0.2) is 0 Å². The fourth-order valence-electron chi connectivity index (χ4n) is 2.96. The minimum absolute atomic E-state index is 1.22. The van der Waals surface area contributed by atoms with Gasteiger partial charge in [-0.05, 0) is 49.4 Å². The molecule has 2 aromatic heterocycles. The van der Waals surface area contributed by atoms with Crippen LogP contribution in [0.3, 0.4) is 0 Å². The van der Waals surface area contributed by atoms with Gasteiger partial charge in [0, 0.05) is 33.7 Å². The predicted molar refractivity (Wildman–Crippen MR) is 66.8 cm³/mol. The molecule has 0 saturated carbocycles. The van der Waals surface area contributed by atoms with Crippen molar-refractivity contribution in [3.63, 3.8) is 0 Å². The van der Waals surface area contributed by atoms with E-state index in [0.29, 0.717) is 0 Å². The minimum atomic E-state index is 1.22. The summed E-state index contributed by atoms with van der Waals surface area (Å²) in [5, 5.41) is 2.75. The Kier molecular flexibility index (Phi) is 1.54. The SMILES string of the molecule is c1cc2cc3c4c([nH]c3cc2[nH]1)CCCC4. The summed E-state index contributed by atoms with van der Waals surface area (Å²) in [4.78, 5) is 6.85. The summed E-state index contributed by atoms with van der Waals surface area (Å²) in [6, 6.07) is 6.71. The third kappa shape index (κ3) is 1.02. The second-order valence-electron chi connectivity index (χ2n) is 4.75. The molecule has 4 rings (SSSR count). The first-order chi connectivity index (χ1) is 7.92. The molecule has 0 saturated heterocycles. The number of hydrogen-bond donors (Lipinski definition) is 2. The molecule has 0 unspecified atom stereocenters. The minimum Gasteiger partial charge on any atom is -0.361 e. The molecule has 0 aliphatic heterocycles. The smallest absolute Gasteiger partial charge is 0.0480 e. The first-order valence-electron chi connectivity index (χ1n) is 6.02. The first kappa shape index (κ1) is 8.45. The number of rotatable bonds is 0. The van der Waals surface area contributed by atoms with Gasteiger partial charge < -0.3 is 9.97 Å². The fourth-order valence-corrected chi connectivity index (χ4v) is 2.96. The number of H-pyrrole nitrogens is 2. The lowest BCUT2D eigenvalue weighted by molar-refractivity contribution is 0.680. The van der Waals surface area contributed by atoms with Crippen LogP contribution < -0.4 is 0 Å². The zero-order chi connectivity index (χ0) is 10.5. The molecule has 16 heavy (non-hydrogen) atoms. The van der Waals surface area contributed by atoms with E-state index in [2.05, 4.69) is 28.2 Å². The van der Waals surface area contributed by atoms with Crippen molar-refractivity contribution in [3.8, 4) is 0 Å². The largest absolute Gasteiger partial charge is 0.361 e. The molecule has 3 aromatic rings. The Labute approximate surface area is 93.7 Å². The molecule has 2 nitrogen and oxygen atoms in total. The summed E-state index contributed by atoms with van der Waals surface area (Å²) in [5.41, 5.74) is 5.55. The monoisotopic (exact) mass is 210 g/mol. The molecule has 0 amide bonds. The van der Waals surface area contributed by atoms with E-state index in [1.807, 2.05) is 6.20 Å². The van der Waals surface area contributed by atoms with Gasteiger partial charge in [0.2, 0.25) is 0 Å². The summed E-state index contributed by atoms with van der Waals surface area (Å²) in [6.45, 7) is 0. The highest BCUT2D eigenvalue weighted by molar-refractivity contribution is 5.97. The predicted octanol–water partition coefficient (Wildman–Crippen LogP) is 3.53. The Balaban J connectivity index is 2.13. The van der Waals surface area contributed by atoms with Crippen molar-refractivity contribution in [1.29, 1.82) is 0 Å². The van der Waals surface area contributed by atoms with E-state index in [9.17, 15) is 0 Å². The zero-order valence-electron chi connectivity index (χ0n) is 9.14. The molecular weight excluding hydrogens is 196 g/mol. The van der Waals surface area contributed by atoms with Crippen LogP contribution in [-0.4, -0.2) is 9.97 Å². The molecule has 2 heteroatoms. The van der Waals surface area contributed by atoms with Crippen LogP contribution in [0.4, 0.5) is 0 Å². The van der Waals surface area contributed by atoms with Crippen LogP contribution in [0.15, 0.2) is 24.4 Å². The van der Waals surface area contributed by atoms with Gasteiger partial charge in [0.1, 0.15) is 0 Å². The summed E-state index contributed by atoms with van der Waals surface area (Å²) >= 11 is 0. The van der Waals surface area contributed by atoms with Crippen molar-refractivity contribution >= 4 is 21.8 Å². The van der Waals surface area contributed by atoms with Gasteiger partial charge in [0.15, 0.2) is 0 Å². The van der Waals surface area contributed by atoms with E-state index < -0.39 is 0 Å². The van der Waals surface area contributed by atoms with E-state index in [1.165, 1.54) is 53.2 Å². The number of benzene rings is 1. The Morgan fingerprint density at radius 2 is 1.94 bits per heavy atom. The number of aromatic amines is 2. The van der Waals surface area contributed by atoms with E-state index in [4.69, 9.17) is 0 Å². The molecule has 0 atom stereocenters. The molecule has 0 bridgehead atoms. The lowest BCUT2D eigenvalue weighted by Gasteiger charge is -2.10. The highest BCUT2D eigenvalue weighted by Gasteiger charge is 2.15. The van der Waals surface area contributed by atoms with Crippen molar-refractivity contribution in [1.82, 2.24) is 9.97 Å². The molecule has 80 valence electrons. The molecule has 2 N–H and O–H groups in total. The lowest BCUT2D eigenvalue weighted by atomic mass is 9.95. The number of hydrogen-bond acceptors (Lipinski definition) is 0.